The summed E-state index contributed by atoms with van der Waals surface area (Å²) in [4.78, 5) is 22.3. The number of carbonyl (C=O) groups excluding carboxylic acids is 1. The molecule has 8 heteroatoms. The molecule has 0 spiro atoms. The topological polar surface area (TPSA) is 45.7 Å². The highest BCUT2D eigenvalue weighted by Gasteiger charge is 2.22. The van der Waals surface area contributed by atoms with Crippen LogP contribution >= 0.6 is 35.3 Å². The number of anilines is 1. The van der Waals surface area contributed by atoms with Crippen LogP contribution < -0.4 is 4.90 Å². The molecular formula is C22H25Cl2N3O2S. The minimum absolute atomic E-state index is 0. The number of hydrogen-bond acceptors (Lipinski definition) is 5. The van der Waals surface area contributed by atoms with Crippen LogP contribution in [0.15, 0.2) is 42.5 Å². The standard InChI is InChI=1S/C22H24ClN3O2S.ClH/c1-16-18(23)8-9-19-20(16)24-22(29-19)26(21(27)17-6-3-2-4-7-17)11-5-10-25-12-14-28-15-13-25;/h2-4,6-9H,5,10-15H2,1H3;1H. The van der Waals surface area contributed by atoms with Gasteiger partial charge in [0.2, 0.25) is 0 Å². The third kappa shape index (κ3) is 5.13. The van der Waals surface area contributed by atoms with E-state index in [0.717, 1.165) is 60.2 Å². The zero-order valence-corrected chi connectivity index (χ0v) is 19.2. The van der Waals surface area contributed by atoms with Gasteiger partial charge in [-0.2, -0.15) is 0 Å². The highest BCUT2D eigenvalue weighted by Crippen LogP contribution is 2.34. The summed E-state index contributed by atoms with van der Waals surface area (Å²) >= 11 is 7.81. The fraction of sp³-hybridized carbons (Fsp3) is 0.364. The Bertz CT molecular complexity index is 991. The number of fused-ring (bicyclic) bond motifs is 1. The van der Waals surface area contributed by atoms with Gasteiger partial charge in [-0.1, -0.05) is 41.1 Å². The van der Waals surface area contributed by atoms with Crippen molar-refractivity contribution < 1.29 is 9.53 Å². The fourth-order valence-corrected chi connectivity index (χ4v) is 4.70. The lowest BCUT2D eigenvalue weighted by molar-refractivity contribution is 0.0376. The van der Waals surface area contributed by atoms with Crippen LogP contribution in [0.1, 0.15) is 22.3 Å². The molecule has 0 aliphatic carbocycles. The van der Waals surface area contributed by atoms with Gasteiger partial charge in [0, 0.05) is 36.8 Å². The molecule has 160 valence electrons. The zero-order valence-electron chi connectivity index (χ0n) is 16.8. The fourth-order valence-electron chi connectivity index (χ4n) is 3.50. The van der Waals surface area contributed by atoms with Crippen LogP contribution in [-0.4, -0.2) is 55.2 Å². The first kappa shape index (κ1) is 23.0. The second kappa shape index (κ2) is 10.6. The maximum Gasteiger partial charge on any atom is 0.260 e. The van der Waals surface area contributed by atoms with Crippen molar-refractivity contribution in [2.24, 2.45) is 0 Å². The molecule has 0 saturated carbocycles. The third-order valence-corrected chi connectivity index (χ3v) is 6.65. The number of amides is 1. The van der Waals surface area contributed by atoms with Gasteiger partial charge in [-0.05, 0) is 43.2 Å². The number of morpholine rings is 1. The smallest absolute Gasteiger partial charge is 0.260 e. The van der Waals surface area contributed by atoms with Crippen LogP contribution in [0.3, 0.4) is 0 Å². The minimum Gasteiger partial charge on any atom is -0.379 e. The lowest BCUT2D eigenvalue weighted by Gasteiger charge is -2.27. The normalized spacial score (nSPS) is 14.5. The van der Waals surface area contributed by atoms with E-state index in [0.29, 0.717) is 17.1 Å². The molecule has 0 N–H and O–H groups in total. The van der Waals surface area contributed by atoms with E-state index in [9.17, 15) is 4.79 Å². The summed E-state index contributed by atoms with van der Waals surface area (Å²) < 4.78 is 6.46. The second-order valence-corrected chi connectivity index (χ2v) is 8.56. The molecule has 2 heterocycles. The van der Waals surface area contributed by atoms with E-state index in [1.807, 2.05) is 54.3 Å². The van der Waals surface area contributed by atoms with Gasteiger partial charge in [0.05, 0.1) is 23.4 Å². The number of rotatable bonds is 6. The third-order valence-electron chi connectivity index (χ3n) is 5.19. The molecule has 3 aromatic rings. The molecule has 0 unspecified atom stereocenters. The Morgan fingerprint density at radius 1 is 1.20 bits per heavy atom. The van der Waals surface area contributed by atoms with Crippen molar-refractivity contribution in [3.8, 4) is 0 Å². The Kier molecular flexibility index (Phi) is 8.08. The number of halogens is 2. The average Bonchev–Trinajstić information content (AvgIpc) is 3.19. The predicted octanol–water partition coefficient (Wildman–Crippen LogP) is 5.05. The van der Waals surface area contributed by atoms with Gasteiger partial charge >= 0.3 is 0 Å². The van der Waals surface area contributed by atoms with Crippen LogP contribution in [0.25, 0.3) is 10.2 Å². The number of aryl methyl sites for hydroxylation is 1. The molecule has 0 atom stereocenters. The molecule has 2 aromatic carbocycles. The number of carbonyl (C=O) groups is 1. The number of nitrogens with zero attached hydrogens (tertiary/aromatic N) is 3. The molecule has 4 rings (SSSR count). The van der Waals surface area contributed by atoms with Crippen LogP contribution in [-0.2, 0) is 4.74 Å². The zero-order chi connectivity index (χ0) is 20.2. The maximum absolute atomic E-state index is 13.3. The van der Waals surface area contributed by atoms with Crippen molar-refractivity contribution in [2.45, 2.75) is 13.3 Å². The maximum atomic E-state index is 13.3. The molecule has 1 aromatic heterocycles. The number of ether oxygens (including phenoxy) is 1. The highest BCUT2D eigenvalue weighted by molar-refractivity contribution is 7.22. The van der Waals surface area contributed by atoms with Crippen molar-refractivity contribution >= 4 is 56.6 Å². The monoisotopic (exact) mass is 465 g/mol. The van der Waals surface area contributed by atoms with Gasteiger partial charge < -0.3 is 4.74 Å². The average molecular weight is 466 g/mol. The first-order valence-electron chi connectivity index (χ1n) is 9.86. The molecule has 0 radical (unpaired) electrons. The molecule has 30 heavy (non-hydrogen) atoms. The van der Waals surface area contributed by atoms with E-state index in [1.54, 1.807) is 0 Å². The first-order valence-corrected chi connectivity index (χ1v) is 11.1. The van der Waals surface area contributed by atoms with Gasteiger partial charge in [0.25, 0.3) is 5.91 Å². The number of aromatic nitrogens is 1. The van der Waals surface area contributed by atoms with Crippen LogP contribution in [0.2, 0.25) is 5.02 Å². The Morgan fingerprint density at radius 3 is 2.67 bits per heavy atom. The molecule has 1 aliphatic rings. The molecule has 0 bridgehead atoms. The Morgan fingerprint density at radius 2 is 1.93 bits per heavy atom. The van der Waals surface area contributed by atoms with E-state index in [4.69, 9.17) is 21.3 Å². The van der Waals surface area contributed by atoms with Crippen molar-refractivity contribution in [1.82, 2.24) is 9.88 Å². The first-order chi connectivity index (χ1) is 14.1. The van der Waals surface area contributed by atoms with Crippen molar-refractivity contribution in [3.05, 3.63) is 58.6 Å². The largest absolute Gasteiger partial charge is 0.379 e. The van der Waals surface area contributed by atoms with Gasteiger partial charge in [-0.15, -0.1) is 12.4 Å². The number of benzene rings is 2. The second-order valence-electron chi connectivity index (χ2n) is 7.15. The lowest BCUT2D eigenvalue weighted by Crippen LogP contribution is -2.39. The van der Waals surface area contributed by atoms with Crippen LogP contribution in [0.5, 0.6) is 0 Å². The van der Waals surface area contributed by atoms with E-state index >= 15 is 0 Å². The van der Waals surface area contributed by atoms with E-state index in [-0.39, 0.29) is 18.3 Å². The summed E-state index contributed by atoms with van der Waals surface area (Å²) in [6.45, 7) is 7.00. The van der Waals surface area contributed by atoms with Gasteiger partial charge in [-0.3, -0.25) is 14.6 Å². The summed E-state index contributed by atoms with van der Waals surface area (Å²) in [5, 5.41) is 1.42. The molecule has 1 saturated heterocycles. The molecule has 1 aliphatic heterocycles. The molecule has 1 amide bonds. The number of hydrogen-bond donors (Lipinski definition) is 0. The summed E-state index contributed by atoms with van der Waals surface area (Å²) in [5.41, 5.74) is 2.50. The van der Waals surface area contributed by atoms with E-state index < -0.39 is 0 Å². The summed E-state index contributed by atoms with van der Waals surface area (Å²) in [7, 11) is 0. The van der Waals surface area contributed by atoms with Gasteiger partial charge in [0.1, 0.15) is 0 Å². The predicted molar refractivity (Wildman–Crippen MR) is 127 cm³/mol. The van der Waals surface area contributed by atoms with Crippen LogP contribution in [0.4, 0.5) is 5.13 Å². The van der Waals surface area contributed by atoms with E-state index in [2.05, 4.69) is 4.90 Å². The van der Waals surface area contributed by atoms with Crippen LogP contribution in [0, 0.1) is 6.92 Å². The van der Waals surface area contributed by atoms with Crippen molar-refractivity contribution in [1.29, 1.82) is 0 Å². The Balaban J connectivity index is 0.00000256. The molecule has 1 fully saturated rings. The molecule has 5 nitrogen and oxygen atoms in total. The van der Waals surface area contributed by atoms with E-state index in [1.165, 1.54) is 11.3 Å². The summed E-state index contributed by atoms with van der Waals surface area (Å²) in [6.07, 6.45) is 0.883. The van der Waals surface area contributed by atoms with Crippen molar-refractivity contribution in [3.63, 3.8) is 0 Å². The van der Waals surface area contributed by atoms with Gasteiger partial charge in [-0.25, -0.2) is 4.98 Å². The SMILES string of the molecule is Cc1c(Cl)ccc2sc(N(CCCN3CCOCC3)C(=O)c3ccccc3)nc12.Cl. The quantitative estimate of drug-likeness (QED) is 0.510. The minimum atomic E-state index is -0.0182. The summed E-state index contributed by atoms with van der Waals surface area (Å²) in [6, 6.07) is 13.3. The Hall–Kier alpha value is -1.70. The molecular weight excluding hydrogens is 441 g/mol. The van der Waals surface area contributed by atoms with Crippen molar-refractivity contribution in [2.75, 3.05) is 44.3 Å². The van der Waals surface area contributed by atoms with Gasteiger partial charge in [0.15, 0.2) is 5.13 Å². The lowest BCUT2D eigenvalue weighted by atomic mass is 10.2. The Labute approximate surface area is 192 Å². The summed E-state index contributed by atoms with van der Waals surface area (Å²) in [5.74, 6) is -0.0182. The highest BCUT2D eigenvalue weighted by atomic mass is 35.5. The number of thiazole rings is 1.